The lowest BCUT2D eigenvalue weighted by molar-refractivity contribution is -0.307. The van der Waals surface area contributed by atoms with Crippen molar-refractivity contribution >= 4 is 10.2 Å². The maximum absolute atomic E-state index is 9.76. The predicted octanol–water partition coefficient (Wildman–Crippen LogP) is -1.93. The number of hydrogen-bond donors (Lipinski definition) is 2. The van der Waals surface area contributed by atoms with E-state index in [2.05, 4.69) is 5.84 Å². The summed E-state index contributed by atoms with van der Waals surface area (Å²) in [4.78, 5) is 10.3. The summed E-state index contributed by atoms with van der Waals surface area (Å²) in [6, 6.07) is 0. The topological polar surface area (TPSA) is 139 Å². The Balaban J connectivity index is 0. The van der Waals surface area contributed by atoms with E-state index < -0.39 is 14.5 Å². The smallest absolute Gasteiger partial charge is 0.508 e. The van der Waals surface area contributed by atoms with Gasteiger partial charge in [0.15, 0.2) is 4.33 Å². The van der Waals surface area contributed by atoms with Gasteiger partial charge in [0.1, 0.15) is 0 Å². The van der Waals surface area contributed by atoms with Crippen LogP contribution >= 0.6 is 0 Å². The quantitative estimate of drug-likeness (QED) is 0.212. The standard InChI is InChI=1S/CN.H3N3O4S/c1-2;1-2-8(6,7)3(4)5/h;2H,1H2/q-1;. The lowest BCUT2D eigenvalue weighted by atomic mass is 11.9. The normalized spacial score (nSPS) is 9.10. The molecule has 0 amide bonds. The maximum Gasteiger partial charge on any atom is 0.508 e. The van der Waals surface area contributed by atoms with Gasteiger partial charge in [-0.15, -0.1) is 8.42 Å². The molecule has 9 heteroatoms. The molecular weight excluding hydrogens is 164 g/mol. The van der Waals surface area contributed by atoms with Crippen LogP contribution in [0.3, 0.4) is 0 Å². The number of rotatable bonds is 2. The minimum absolute atomic E-state index is 1.01. The Kier molecular flexibility index (Phi) is 5.33. The molecule has 0 aliphatic carbocycles. The highest BCUT2D eigenvalue weighted by atomic mass is 32.2. The molecule has 10 heavy (non-hydrogen) atoms. The van der Waals surface area contributed by atoms with Crippen LogP contribution in [-0.4, -0.2) is 12.7 Å². The van der Waals surface area contributed by atoms with Crippen molar-refractivity contribution in [1.82, 2.24) is 4.83 Å². The van der Waals surface area contributed by atoms with Crippen LogP contribution in [0.15, 0.2) is 0 Å². The van der Waals surface area contributed by atoms with E-state index in [0.29, 0.717) is 0 Å². The van der Waals surface area contributed by atoms with E-state index in [4.69, 9.17) is 11.8 Å². The first-order chi connectivity index (χ1) is 4.50. The van der Waals surface area contributed by atoms with Crippen molar-refractivity contribution in [3.63, 3.8) is 0 Å². The van der Waals surface area contributed by atoms with Gasteiger partial charge in [0.25, 0.3) is 0 Å². The number of hydrazine groups is 1. The van der Waals surface area contributed by atoms with Crippen molar-refractivity contribution in [2.45, 2.75) is 0 Å². The molecule has 0 unspecified atom stereocenters. The van der Waals surface area contributed by atoms with E-state index >= 15 is 0 Å². The molecule has 0 atom stereocenters. The molecule has 0 aromatic rings. The molecule has 0 fully saturated rings. The second-order valence-electron chi connectivity index (χ2n) is 0.817. The van der Waals surface area contributed by atoms with E-state index in [-0.39, 0.29) is 0 Å². The van der Waals surface area contributed by atoms with Crippen LogP contribution < -0.4 is 10.7 Å². The summed E-state index contributed by atoms with van der Waals surface area (Å²) in [6.07, 6.45) is 0. The first-order valence-corrected chi connectivity index (χ1v) is 3.04. The summed E-state index contributed by atoms with van der Waals surface area (Å²) in [5, 5.41) is 15.6. The van der Waals surface area contributed by atoms with Crippen molar-refractivity contribution in [2.24, 2.45) is 5.84 Å². The Hall–Kier alpha value is -1.24. The van der Waals surface area contributed by atoms with E-state index in [1.807, 2.05) is 0 Å². The maximum atomic E-state index is 9.76. The first-order valence-electron chi connectivity index (χ1n) is 1.60. The van der Waals surface area contributed by atoms with Crippen molar-refractivity contribution < 1.29 is 12.7 Å². The van der Waals surface area contributed by atoms with E-state index in [0.717, 1.165) is 4.83 Å². The van der Waals surface area contributed by atoms with Crippen molar-refractivity contribution in [2.75, 3.05) is 0 Å². The zero-order chi connectivity index (χ0) is 8.78. The van der Waals surface area contributed by atoms with Crippen LogP contribution in [0.2, 0.25) is 0 Å². The fourth-order valence-electron chi connectivity index (χ4n) is 0.0430. The molecule has 0 aliphatic heterocycles. The highest BCUT2D eigenvalue weighted by Crippen LogP contribution is 1.76. The molecule has 8 nitrogen and oxygen atoms in total. The minimum Gasteiger partial charge on any atom is -0.512 e. The Bertz CT molecular complexity index is 215. The van der Waals surface area contributed by atoms with Crippen LogP contribution in [0.5, 0.6) is 0 Å². The molecule has 0 saturated heterocycles. The second kappa shape index (κ2) is 4.62. The van der Waals surface area contributed by atoms with Crippen LogP contribution in [0, 0.1) is 21.9 Å². The lowest BCUT2D eigenvalue weighted by Gasteiger charge is -1.86. The largest absolute Gasteiger partial charge is 0.512 e. The van der Waals surface area contributed by atoms with Crippen LogP contribution in [0.25, 0.3) is 0 Å². The number of nitrogens with zero attached hydrogens (tertiary/aromatic N) is 2. The Labute approximate surface area is 56.5 Å². The molecule has 0 saturated carbocycles. The number of hydrogen-bond acceptors (Lipinski definition) is 6. The first kappa shape index (κ1) is 11.5. The molecular formula is CH3N4O4S-. The van der Waals surface area contributed by atoms with Crippen molar-refractivity contribution in [1.29, 1.82) is 5.26 Å². The van der Waals surface area contributed by atoms with Gasteiger partial charge in [-0.25, -0.2) is 10.1 Å². The Morgan fingerprint density at radius 2 is 1.90 bits per heavy atom. The predicted molar refractivity (Wildman–Crippen MR) is 28.2 cm³/mol. The van der Waals surface area contributed by atoms with Crippen LogP contribution in [0.1, 0.15) is 0 Å². The molecule has 0 spiro atoms. The van der Waals surface area contributed by atoms with Crippen LogP contribution in [0.4, 0.5) is 0 Å². The third-order valence-corrected chi connectivity index (χ3v) is 1.04. The molecule has 0 aromatic carbocycles. The molecule has 0 radical (unpaired) electrons. The fraction of sp³-hybridized carbons (Fsp3) is 0. The van der Waals surface area contributed by atoms with E-state index in [1.54, 1.807) is 0 Å². The number of nitro groups is 1. The van der Waals surface area contributed by atoms with Gasteiger partial charge in [-0.2, -0.15) is 0 Å². The Morgan fingerprint density at radius 1 is 1.60 bits per heavy atom. The molecule has 0 rings (SSSR count). The SMILES string of the molecule is NNS(=O)(=O)[N+](=O)[O-].[C-]#N. The highest BCUT2D eigenvalue weighted by molar-refractivity contribution is 7.83. The third-order valence-electron chi connectivity index (χ3n) is 0.345. The van der Waals surface area contributed by atoms with Gasteiger partial charge in [0, 0.05) is 0 Å². The number of nitrogens with two attached hydrogens (primary N) is 1. The van der Waals surface area contributed by atoms with Gasteiger partial charge < -0.3 is 11.8 Å². The number of nitrogens with one attached hydrogen (secondary N) is 1. The summed E-state index contributed by atoms with van der Waals surface area (Å²) < 4.78 is 18.0. The van der Waals surface area contributed by atoms with E-state index in [1.165, 1.54) is 0 Å². The second-order valence-corrected chi connectivity index (χ2v) is 2.30. The molecule has 0 bridgehead atoms. The summed E-state index contributed by atoms with van der Waals surface area (Å²) in [7, 11) is -4.49. The molecule has 58 valence electrons. The molecule has 0 aliphatic rings. The van der Waals surface area contributed by atoms with Gasteiger partial charge >= 0.3 is 10.2 Å². The van der Waals surface area contributed by atoms with Gasteiger partial charge in [0.2, 0.25) is 0 Å². The van der Waals surface area contributed by atoms with E-state index in [9.17, 15) is 18.5 Å². The third kappa shape index (κ3) is 3.72. The zero-order valence-corrected chi connectivity index (χ0v) is 5.33. The van der Waals surface area contributed by atoms with Crippen LogP contribution in [-0.2, 0) is 10.2 Å². The minimum atomic E-state index is -4.49. The lowest BCUT2D eigenvalue weighted by Crippen LogP contribution is -2.35. The zero-order valence-electron chi connectivity index (χ0n) is 4.51. The molecule has 0 aromatic heterocycles. The van der Waals surface area contributed by atoms with Crippen molar-refractivity contribution in [3.05, 3.63) is 16.7 Å². The molecule has 0 heterocycles. The fourth-order valence-corrected chi connectivity index (χ4v) is 0.129. The monoisotopic (exact) mass is 167 g/mol. The summed E-state index contributed by atoms with van der Waals surface area (Å²) in [5.41, 5.74) is 0. The average Bonchev–Trinajstić information content (AvgIpc) is 1.92. The van der Waals surface area contributed by atoms with Gasteiger partial charge in [0.05, 0.1) is 0 Å². The van der Waals surface area contributed by atoms with Gasteiger partial charge in [-0.3, -0.25) is 5.84 Å². The summed E-state index contributed by atoms with van der Waals surface area (Å²) in [6.45, 7) is 4.75. The summed E-state index contributed by atoms with van der Waals surface area (Å²) in [5.74, 6) is 4.23. The average molecular weight is 167 g/mol. The highest BCUT2D eigenvalue weighted by Gasteiger charge is 2.19. The molecule has 3 N–H and O–H groups in total. The van der Waals surface area contributed by atoms with Gasteiger partial charge in [-0.05, 0) is 0 Å². The summed E-state index contributed by atoms with van der Waals surface area (Å²) >= 11 is 0. The van der Waals surface area contributed by atoms with Crippen molar-refractivity contribution in [3.8, 4) is 0 Å². The Morgan fingerprint density at radius 3 is 1.90 bits per heavy atom. The van der Waals surface area contributed by atoms with Gasteiger partial charge in [-0.1, -0.05) is 4.83 Å².